The van der Waals surface area contributed by atoms with Crippen LogP contribution in [0, 0.1) is 0 Å². The van der Waals surface area contributed by atoms with E-state index in [2.05, 4.69) is 0 Å². The maximum atomic E-state index is 5.60. The number of hydrogen-bond acceptors (Lipinski definition) is 0. The van der Waals surface area contributed by atoms with Crippen LogP contribution in [0.1, 0.15) is 12.8 Å². The van der Waals surface area contributed by atoms with Gasteiger partial charge in [-0.2, -0.15) is 0 Å². The van der Waals surface area contributed by atoms with Crippen LogP contribution in [0.2, 0.25) is 12.1 Å². The van der Waals surface area contributed by atoms with Gasteiger partial charge >= 0.3 is 0 Å². The highest BCUT2D eigenvalue weighted by atomic mass is 35.7. The first-order valence-electron chi connectivity index (χ1n) is 2.96. The van der Waals surface area contributed by atoms with Gasteiger partial charge in [0.15, 0.2) is 0 Å². The minimum atomic E-state index is -1.06. The van der Waals surface area contributed by atoms with E-state index in [0.717, 1.165) is 24.9 Å². The molecule has 2 radical (unpaired) electrons. The molecule has 0 aliphatic rings. The monoisotopic (exact) mass is 252 g/mol. The lowest BCUT2D eigenvalue weighted by Gasteiger charge is -1.98. The molecule has 0 atom stereocenters. The number of unbranched alkanes of at least 4 members (excludes halogenated alkanes) is 1. The van der Waals surface area contributed by atoms with Crippen molar-refractivity contribution in [2.45, 2.75) is 24.9 Å². The minimum Gasteiger partial charge on any atom is -0.147 e. The van der Waals surface area contributed by atoms with Gasteiger partial charge in [-0.05, 0) is 12.1 Å². The second kappa shape index (κ2) is 7.25. The van der Waals surface area contributed by atoms with Crippen LogP contribution in [-0.2, 0) is 0 Å². The predicted molar refractivity (Wildman–Crippen MR) is 53.8 cm³/mol. The first-order valence-corrected chi connectivity index (χ1v) is 10.4. The maximum absolute atomic E-state index is 5.60. The smallest absolute Gasteiger partial charge is 0.147 e. The largest absolute Gasteiger partial charge is 0.273 e. The molecular formula is C4H8Cl4Si2. The van der Waals surface area contributed by atoms with Gasteiger partial charge in [-0.25, -0.2) is 0 Å². The summed E-state index contributed by atoms with van der Waals surface area (Å²) >= 11 is 22.4. The molecule has 0 fully saturated rings. The zero-order chi connectivity index (χ0) is 7.98. The summed E-state index contributed by atoms with van der Waals surface area (Å²) in [6.07, 6.45) is 2.13. The van der Waals surface area contributed by atoms with E-state index >= 15 is 0 Å². The molecule has 60 valence electrons. The second-order valence-corrected chi connectivity index (χ2v) is 10.9. The van der Waals surface area contributed by atoms with E-state index in [4.69, 9.17) is 44.3 Å². The Bertz CT molecular complexity index is 67.7. The number of rotatable bonds is 5. The third-order valence-electron chi connectivity index (χ3n) is 0.982. The highest BCUT2D eigenvalue weighted by Gasteiger charge is 2.05. The van der Waals surface area contributed by atoms with Crippen molar-refractivity contribution in [1.82, 2.24) is 0 Å². The quantitative estimate of drug-likeness (QED) is 0.398. The molecule has 0 N–H and O–H groups in total. The van der Waals surface area contributed by atoms with E-state index in [9.17, 15) is 0 Å². The first-order chi connectivity index (χ1) is 4.63. The van der Waals surface area contributed by atoms with Crippen LogP contribution >= 0.6 is 44.3 Å². The lowest BCUT2D eigenvalue weighted by atomic mass is 10.4. The molecule has 0 aromatic heterocycles. The van der Waals surface area contributed by atoms with Crippen LogP contribution in [0.4, 0.5) is 0 Å². The zero-order valence-electron chi connectivity index (χ0n) is 5.34. The van der Waals surface area contributed by atoms with Crippen molar-refractivity contribution >= 4 is 59.1 Å². The Labute approximate surface area is 83.8 Å². The Kier molecular flexibility index (Phi) is 8.41. The zero-order valence-corrected chi connectivity index (χ0v) is 10.4. The summed E-state index contributed by atoms with van der Waals surface area (Å²) in [7, 11) is -2.13. The molecule has 10 heavy (non-hydrogen) atoms. The fourth-order valence-corrected chi connectivity index (χ4v) is 3.16. The van der Waals surface area contributed by atoms with Crippen molar-refractivity contribution in [2.75, 3.05) is 0 Å². The van der Waals surface area contributed by atoms with Gasteiger partial charge in [0.05, 0.1) is 0 Å². The summed E-state index contributed by atoms with van der Waals surface area (Å²) in [5.41, 5.74) is 0. The molecule has 0 nitrogen and oxygen atoms in total. The molecule has 6 heteroatoms. The minimum absolute atomic E-state index is 0.941. The van der Waals surface area contributed by atoms with Gasteiger partial charge in [0.2, 0.25) is 0 Å². The normalized spacial score (nSPS) is 11.4. The van der Waals surface area contributed by atoms with Gasteiger partial charge in [-0.15, -0.1) is 44.3 Å². The lowest BCUT2D eigenvalue weighted by Crippen LogP contribution is -1.94. The molecule has 0 saturated heterocycles. The van der Waals surface area contributed by atoms with Crippen molar-refractivity contribution in [3.05, 3.63) is 0 Å². The Morgan fingerprint density at radius 2 is 1.00 bits per heavy atom. The highest BCUT2D eigenvalue weighted by Crippen LogP contribution is 2.13. The van der Waals surface area contributed by atoms with E-state index in [0.29, 0.717) is 0 Å². The summed E-state index contributed by atoms with van der Waals surface area (Å²) in [5.74, 6) is 0. The van der Waals surface area contributed by atoms with Crippen molar-refractivity contribution in [1.29, 1.82) is 0 Å². The Hall–Kier alpha value is 1.59. The van der Waals surface area contributed by atoms with Crippen molar-refractivity contribution in [3.63, 3.8) is 0 Å². The molecule has 0 aliphatic heterocycles. The van der Waals surface area contributed by atoms with Crippen LogP contribution < -0.4 is 0 Å². The molecule has 0 aliphatic carbocycles. The van der Waals surface area contributed by atoms with E-state index in [1.54, 1.807) is 0 Å². The molecule has 0 heterocycles. The molecule has 0 aromatic carbocycles. The summed E-state index contributed by atoms with van der Waals surface area (Å²) in [4.78, 5) is 0. The third-order valence-corrected chi connectivity index (χ3v) is 4.71. The Morgan fingerprint density at radius 3 is 1.20 bits per heavy atom. The summed E-state index contributed by atoms with van der Waals surface area (Å²) in [5, 5.41) is 0. The van der Waals surface area contributed by atoms with Crippen LogP contribution in [0.15, 0.2) is 0 Å². The van der Waals surface area contributed by atoms with E-state index < -0.39 is 14.8 Å². The summed E-state index contributed by atoms with van der Waals surface area (Å²) in [6.45, 7) is 0. The Morgan fingerprint density at radius 1 is 0.700 bits per heavy atom. The van der Waals surface area contributed by atoms with E-state index in [-0.39, 0.29) is 0 Å². The van der Waals surface area contributed by atoms with E-state index in [1.165, 1.54) is 0 Å². The van der Waals surface area contributed by atoms with Gasteiger partial charge in [0.1, 0.15) is 0 Å². The molecule has 0 saturated carbocycles. The van der Waals surface area contributed by atoms with Gasteiger partial charge in [-0.3, -0.25) is 0 Å². The lowest BCUT2D eigenvalue weighted by molar-refractivity contribution is 0.876. The average Bonchev–Trinajstić information content (AvgIpc) is 1.79. The van der Waals surface area contributed by atoms with Crippen LogP contribution in [0.25, 0.3) is 0 Å². The van der Waals surface area contributed by atoms with Gasteiger partial charge in [0, 0.05) is 0 Å². The molecular weight excluding hydrogens is 246 g/mol. The van der Waals surface area contributed by atoms with Crippen LogP contribution in [0.5, 0.6) is 0 Å². The topological polar surface area (TPSA) is 0 Å². The third kappa shape index (κ3) is 9.59. The van der Waals surface area contributed by atoms with Gasteiger partial charge in [0.25, 0.3) is 14.8 Å². The van der Waals surface area contributed by atoms with Crippen molar-refractivity contribution in [3.8, 4) is 0 Å². The van der Waals surface area contributed by atoms with Crippen LogP contribution in [0.3, 0.4) is 0 Å². The fraction of sp³-hybridized carbons (Fsp3) is 1.00. The first kappa shape index (κ1) is 11.6. The highest BCUT2D eigenvalue weighted by molar-refractivity contribution is 7.34. The molecule has 0 bridgehead atoms. The van der Waals surface area contributed by atoms with Crippen LogP contribution in [-0.4, -0.2) is 14.8 Å². The number of halogens is 4. The fourth-order valence-electron chi connectivity index (χ4n) is 0.517. The molecule has 0 amide bonds. The maximum Gasteiger partial charge on any atom is 0.273 e. The molecule has 0 spiro atoms. The SMILES string of the molecule is Cl[Si](Cl)CCCC[Si](Cl)Cl. The molecule has 0 rings (SSSR count). The van der Waals surface area contributed by atoms with E-state index in [1.807, 2.05) is 0 Å². The van der Waals surface area contributed by atoms with Crippen molar-refractivity contribution < 1.29 is 0 Å². The summed E-state index contributed by atoms with van der Waals surface area (Å²) < 4.78 is 0. The Balaban J connectivity index is 2.91. The summed E-state index contributed by atoms with van der Waals surface area (Å²) in [6, 6.07) is 1.88. The molecule has 0 aromatic rings. The predicted octanol–water partition coefficient (Wildman–Crippen LogP) is 3.70. The molecule has 0 unspecified atom stereocenters. The number of hydrogen-bond donors (Lipinski definition) is 0. The van der Waals surface area contributed by atoms with Gasteiger partial charge in [-0.1, -0.05) is 12.8 Å². The van der Waals surface area contributed by atoms with Gasteiger partial charge < -0.3 is 0 Å². The second-order valence-electron chi connectivity index (χ2n) is 1.88. The standard InChI is InChI=1S/C4H8Cl4Si2/c5-9(6)3-1-2-4-10(7)8/h1-4H2. The van der Waals surface area contributed by atoms with Crippen molar-refractivity contribution in [2.24, 2.45) is 0 Å². The average molecular weight is 254 g/mol.